The van der Waals surface area contributed by atoms with Crippen molar-refractivity contribution in [1.29, 1.82) is 0 Å². The van der Waals surface area contributed by atoms with Crippen molar-refractivity contribution < 1.29 is 0 Å². The van der Waals surface area contributed by atoms with Crippen LogP contribution < -0.4 is 21.6 Å². The highest BCUT2D eigenvalue weighted by Crippen LogP contribution is 2.32. The topological polar surface area (TPSA) is 27.3 Å². The molecule has 1 saturated heterocycles. The van der Waals surface area contributed by atoms with Crippen molar-refractivity contribution in [2.75, 3.05) is 25.0 Å². The zero-order valence-electron chi connectivity index (χ0n) is 22.1. The van der Waals surface area contributed by atoms with Crippen LogP contribution in [0.1, 0.15) is 68.4 Å². The van der Waals surface area contributed by atoms with Gasteiger partial charge in [0.1, 0.15) is 0 Å². The van der Waals surface area contributed by atoms with E-state index in [1.54, 1.807) is 0 Å². The van der Waals surface area contributed by atoms with Crippen molar-refractivity contribution in [1.82, 2.24) is 10.2 Å². The predicted molar refractivity (Wildman–Crippen MR) is 158 cm³/mol. The zero-order valence-corrected chi connectivity index (χ0v) is 22.1. The number of hydrogen-bond donors (Lipinski definition) is 2. The highest BCUT2D eigenvalue weighted by Gasteiger charge is 2.36. The Morgan fingerprint density at radius 2 is 1.38 bits per heavy atom. The summed E-state index contributed by atoms with van der Waals surface area (Å²) in [5, 5.41) is 7.83. The first-order chi connectivity index (χ1) is 18.3. The first kappa shape index (κ1) is 24.8. The third-order valence-corrected chi connectivity index (χ3v) is 8.96. The van der Waals surface area contributed by atoms with Crippen molar-refractivity contribution in [3.63, 3.8) is 0 Å². The molecule has 1 saturated carbocycles. The molecule has 3 aliphatic rings. The molecular formula is C33H41BN3. The number of hydrogen-bond acceptors (Lipinski definition) is 3. The van der Waals surface area contributed by atoms with Crippen molar-refractivity contribution >= 4 is 23.9 Å². The van der Waals surface area contributed by atoms with E-state index in [9.17, 15) is 0 Å². The first-order valence-electron chi connectivity index (χ1n) is 14.7. The lowest BCUT2D eigenvalue weighted by Crippen LogP contribution is -2.58. The van der Waals surface area contributed by atoms with Crippen LogP contribution in [0.15, 0.2) is 78.9 Å². The molecule has 3 aromatic carbocycles. The van der Waals surface area contributed by atoms with Gasteiger partial charge in [-0.3, -0.25) is 4.90 Å². The number of fused-ring (bicyclic) bond motifs is 2. The van der Waals surface area contributed by atoms with Gasteiger partial charge in [-0.15, -0.1) is 0 Å². The van der Waals surface area contributed by atoms with Gasteiger partial charge in [0.25, 0.3) is 0 Å². The molecule has 0 bridgehead atoms. The molecule has 0 spiro atoms. The van der Waals surface area contributed by atoms with Crippen LogP contribution in [0.4, 0.5) is 5.69 Å². The van der Waals surface area contributed by atoms with Gasteiger partial charge in [-0.05, 0) is 48.9 Å². The molecule has 3 unspecified atom stereocenters. The summed E-state index contributed by atoms with van der Waals surface area (Å²) in [6.07, 6.45) is 10.7. The van der Waals surface area contributed by atoms with Gasteiger partial charge in [-0.25, -0.2) is 0 Å². The Hall–Kier alpha value is -2.56. The second-order valence-corrected chi connectivity index (χ2v) is 11.4. The highest BCUT2D eigenvalue weighted by atomic mass is 15.2. The summed E-state index contributed by atoms with van der Waals surface area (Å²) in [5.41, 5.74) is 7.02. The van der Waals surface area contributed by atoms with Crippen LogP contribution in [0, 0.1) is 0 Å². The van der Waals surface area contributed by atoms with Crippen LogP contribution in [0.2, 0.25) is 0 Å². The van der Waals surface area contributed by atoms with Gasteiger partial charge >= 0.3 is 0 Å². The van der Waals surface area contributed by atoms with E-state index in [0.717, 1.165) is 13.1 Å². The van der Waals surface area contributed by atoms with Crippen LogP contribution in [-0.2, 0) is 0 Å². The van der Waals surface area contributed by atoms with Gasteiger partial charge in [0.2, 0.25) is 0 Å². The van der Waals surface area contributed by atoms with Gasteiger partial charge in [0.05, 0.1) is 0 Å². The lowest BCUT2D eigenvalue weighted by molar-refractivity contribution is 0.119. The van der Waals surface area contributed by atoms with E-state index >= 15 is 0 Å². The molecule has 4 heteroatoms. The Morgan fingerprint density at radius 1 is 0.703 bits per heavy atom. The fourth-order valence-electron chi connectivity index (χ4n) is 7.06. The SMILES string of the molecule is [B]1c2ccccc2C(C2CN(C3CCCCCCC(Nc4ccccc4)CC3)CCN2)c2ccccc21. The normalized spacial score (nSPS) is 25.4. The summed E-state index contributed by atoms with van der Waals surface area (Å²) in [7, 11) is 2.38. The lowest BCUT2D eigenvalue weighted by atomic mass is 9.53. The van der Waals surface area contributed by atoms with Crippen molar-refractivity contribution in [3.8, 4) is 0 Å². The van der Waals surface area contributed by atoms with E-state index in [1.807, 2.05) is 0 Å². The molecule has 2 aliphatic heterocycles. The molecule has 3 atom stereocenters. The molecular weight excluding hydrogens is 449 g/mol. The summed E-state index contributed by atoms with van der Waals surface area (Å²) >= 11 is 0. The van der Waals surface area contributed by atoms with E-state index < -0.39 is 0 Å². The quantitative estimate of drug-likeness (QED) is 0.502. The van der Waals surface area contributed by atoms with Gasteiger partial charge in [-0.1, -0.05) is 103 Å². The maximum absolute atomic E-state index is 3.96. The van der Waals surface area contributed by atoms with Crippen LogP contribution in [0.25, 0.3) is 0 Å². The number of nitrogens with zero attached hydrogens (tertiary/aromatic N) is 1. The summed E-state index contributed by atoms with van der Waals surface area (Å²) < 4.78 is 0. The number of rotatable bonds is 4. The maximum Gasteiger partial charge on any atom is 0.192 e. The predicted octanol–water partition coefficient (Wildman–Crippen LogP) is 5.04. The Labute approximate surface area is 224 Å². The molecule has 1 radical (unpaired) electrons. The molecule has 0 amide bonds. The number of anilines is 1. The number of piperazine rings is 1. The summed E-state index contributed by atoms with van der Waals surface area (Å²) in [5.74, 6) is 0.409. The molecule has 6 rings (SSSR count). The van der Waals surface area contributed by atoms with Crippen molar-refractivity contribution in [3.05, 3.63) is 90.0 Å². The van der Waals surface area contributed by atoms with E-state index in [1.165, 1.54) is 85.7 Å². The third kappa shape index (κ3) is 5.81. The van der Waals surface area contributed by atoms with Gasteiger partial charge in [0, 0.05) is 49.4 Å². The van der Waals surface area contributed by atoms with E-state index in [0.29, 0.717) is 24.0 Å². The van der Waals surface area contributed by atoms with Crippen LogP contribution in [0.5, 0.6) is 0 Å². The van der Waals surface area contributed by atoms with Crippen LogP contribution >= 0.6 is 0 Å². The highest BCUT2D eigenvalue weighted by molar-refractivity contribution is 6.69. The Kier molecular flexibility index (Phi) is 7.95. The Morgan fingerprint density at radius 3 is 2.14 bits per heavy atom. The zero-order chi connectivity index (χ0) is 24.9. The first-order valence-corrected chi connectivity index (χ1v) is 14.7. The number of nitrogens with one attached hydrogen (secondary N) is 2. The summed E-state index contributed by atoms with van der Waals surface area (Å²) in [6, 6.07) is 30.6. The molecule has 37 heavy (non-hydrogen) atoms. The summed E-state index contributed by atoms with van der Waals surface area (Å²) in [6.45, 7) is 3.38. The Bertz CT molecular complexity index is 1100. The fraction of sp³-hybridized carbons (Fsp3) is 0.455. The van der Waals surface area contributed by atoms with Gasteiger partial charge in [-0.2, -0.15) is 0 Å². The average molecular weight is 491 g/mol. The fourth-order valence-corrected chi connectivity index (χ4v) is 7.06. The van der Waals surface area contributed by atoms with Crippen molar-refractivity contribution in [2.45, 2.75) is 75.4 Å². The number of benzene rings is 3. The van der Waals surface area contributed by atoms with Gasteiger partial charge < -0.3 is 10.6 Å². The van der Waals surface area contributed by atoms with Crippen LogP contribution in [-0.4, -0.2) is 49.9 Å². The number of para-hydroxylation sites is 1. The minimum Gasteiger partial charge on any atom is -0.382 e. The lowest BCUT2D eigenvalue weighted by Gasteiger charge is -2.44. The molecule has 191 valence electrons. The Balaban J connectivity index is 1.19. The largest absolute Gasteiger partial charge is 0.382 e. The second kappa shape index (κ2) is 11.9. The van der Waals surface area contributed by atoms with Gasteiger partial charge in [0.15, 0.2) is 7.28 Å². The molecule has 0 aromatic heterocycles. The molecule has 2 N–H and O–H groups in total. The minimum atomic E-state index is 0.409. The van der Waals surface area contributed by atoms with Crippen LogP contribution in [0.3, 0.4) is 0 Å². The smallest absolute Gasteiger partial charge is 0.192 e. The molecule has 1 aliphatic carbocycles. The van der Waals surface area contributed by atoms with E-state index in [-0.39, 0.29) is 0 Å². The molecule has 3 aromatic rings. The van der Waals surface area contributed by atoms with Crippen molar-refractivity contribution in [2.24, 2.45) is 0 Å². The third-order valence-electron chi connectivity index (χ3n) is 8.96. The van der Waals surface area contributed by atoms with E-state index in [4.69, 9.17) is 0 Å². The van der Waals surface area contributed by atoms with E-state index in [2.05, 4.69) is 102 Å². The minimum absolute atomic E-state index is 0.409. The standard InChI is InChI=1S/C33H41BN3/c1-2-7-15-27(21-20-26(14-4-1)36-25-12-5-3-6-13-25)37-23-22-35-32(24-37)33-28-16-8-10-18-30(28)34-31-19-11-9-17-29(31)33/h3,5-6,8-13,16-19,26-27,32-33,35-36H,1-2,4,7,14-15,20-24H2. The second-order valence-electron chi connectivity index (χ2n) is 11.4. The molecule has 2 fully saturated rings. The summed E-state index contributed by atoms with van der Waals surface area (Å²) in [4.78, 5) is 2.85. The average Bonchev–Trinajstić information content (AvgIpc) is 2.95. The monoisotopic (exact) mass is 490 g/mol. The molecule has 3 nitrogen and oxygen atoms in total. The maximum atomic E-state index is 3.96. The molecule has 2 heterocycles.